The average Bonchev–Trinajstić information content (AvgIpc) is 3.28. The van der Waals surface area contributed by atoms with Crippen LogP contribution < -0.4 is 5.32 Å². The van der Waals surface area contributed by atoms with Crippen LogP contribution in [0.3, 0.4) is 0 Å². The van der Waals surface area contributed by atoms with Crippen molar-refractivity contribution in [3.05, 3.63) is 35.9 Å². The Kier molecular flexibility index (Phi) is 6.17. The molecule has 3 fully saturated rings. The highest BCUT2D eigenvalue weighted by Crippen LogP contribution is 2.52. The Labute approximate surface area is 174 Å². The van der Waals surface area contributed by atoms with Gasteiger partial charge in [-0.15, -0.1) is 24.0 Å². The number of ether oxygens (including phenoxy) is 1. The summed E-state index contributed by atoms with van der Waals surface area (Å²) >= 11 is 0. The number of hydrogen-bond donors (Lipinski definition) is 1. The third-order valence-corrected chi connectivity index (χ3v) is 6.45. The molecule has 3 aliphatic rings. The average molecular weight is 469 g/mol. The quantitative estimate of drug-likeness (QED) is 0.415. The molecule has 0 aromatic heterocycles. The van der Waals surface area contributed by atoms with Crippen LogP contribution in [0, 0.1) is 11.3 Å². The molecule has 0 spiro atoms. The minimum Gasteiger partial charge on any atom is -0.377 e. The maximum absolute atomic E-state index is 5.95. The number of guanidine groups is 1. The van der Waals surface area contributed by atoms with E-state index < -0.39 is 0 Å². The fraction of sp³-hybridized carbons (Fsp3) is 0.667. The van der Waals surface area contributed by atoms with Gasteiger partial charge in [0.25, 0.3) is 0 Å². The lowest BCUT2D eigenvalue weighted by atomic mass is 9.57. The van der Waals surface area contributed by atoms with Crippen molar-refractivity contribution in [2.24, 2.45) is 16.3 Å². The Morgan fingerprint density at radius 3 is 2.77 bits per heavy atom. The summed E-state index contributed by atoms with van der Waals surface area (Å²) in [5.41, 5.74) is 1.64. The summed E-state index contributed by atoms with van der Waals surface area (Å²) in [5, 5.41) is 3.83. The second kappa shape index (κ2) is 8.05. The van der Waals surface area contributed by atoms with Crippen molar-refractivity contribution < 1.29 is 4.74 Å². The second-order valence-corrected chi connectivity index (χ2v) is 8.33. The summed E-state index contributed by atoms with van der Waals surface area (Å²) < 4.78 is 5.95. The van der Waals surface area contributed by atoms with Gasteiger partial charge in [0.15, 0.2) is 5.96 Å². The number of nitrogens with one attached hydrogen (secondary N) is 1. The van der Waals surface area contributed by atoms with E-state index in [2.05, 4.69) is 61.3 Å². The third-order valence-electron chi connectivity index (χ3n) is 6.45. The van der Waals surface area contributed by atoms with E-state index in [-0.39, 0.29) is 29.4 Å². The fourth-order valence-corrected chi connectivity index (χ4v) is 5.09. The molecule has 1 aromatic carbocycles. The predicted molar refractivity (Wildman–Crippen MR) is 117 cm³/mol. The van der Waals surface area contributed by atoms with Crippen LogP contribution in [0.2, 0.25) is 0 Å². The molecule has 4 unspecified atom stereocenters. The van der Waals surface area contributed by atoms with Gasteiger partial charge in [0.2, 0.25) is 0 Å². The number of aliphatic imine (C=N–C) groups is 1. The molecule has 1 saturated carbocycles. The highest BCUT2D eigenvalue weighted by molar-refractivity contribution is 14.0. The first kappa shape index (κ1) is 19.9. The number of nitrogens with zero attached hydrogens (tertiary/aromatic N) is 2. The summed E-state index contributed by atoms with van der Waals surface area (Å²) in [6.45, 7) is 10.7. The molecule has 1 aromatic rings. The Bertz CT molecular complexity index is 633. The first-order chi connectivity index (χ1) is 12.1. The first-order valence-electron chi connectivity index (χ1n) is 9.83. The van der Waals surface area contributed by atoms with Crippen LogP contribution >= 0.6 is 24.0 Å². The SMILES string of the molecule is CCN=C(NC1C2CCOC2C1(C)C)N1CCC(c2ccccc2)C1.I. The lowest BCUT2D eigenvalue weighted by Gasteiger charge is -2.55. The molecule has 5 heteroatoms. The minimum atomic E-state index is 0. The van der Waals surface area contributed by atoms with Crippen molar-refractivity contribution in [2.45, 2.75) is 51.7 Å². The minimum absolute atomic E-state index is 0. The standard InChI is InChI=1S/C21H31N3O.HI/c1-4-22-20(23-18-17-11-13-25-19(17)21(18,2)3)24-12-10-16(14-24)15-8-6-5-7-9-15;/h5-9,16-19H,4,10-14H2,1-3H3,(H,22,23);1H. The van der Waals surface area contributed by atoms with E-state index in [1.807, 2.05) is 0 Å². The van der Waals surface area contributed by atoms with Crippen LogP contribution in [0.5, 0.6) is 0 Å². The molecule has 26 heavy (non-hydrogen) atoms. The summed E-state index contributed by atoms with van der Waals surface area (Å²) in [6.07, 6.45) is 2.80. The molecule has 1 aliphatic carbocycles. The Morgan fingerprint density at radius 2 is 2.04 bits per heavy atom. The largest absolute Gasteiger partial charge is 0.377 e. The number of halogens is 1. The summed E-state index contributed by atoms with van der Waals surface area (Å²) in [7, 11) is 0. The van der Waals surface area contributed by atoms with E-state index >= 15 is 0 Å². The maximum atomic E-state index is 5.95. The topological polar surface area (TPSA) is 36.9 Å². The summed E-state index contributed by atoms with van der Waals surface area (Å²) in [5.74, 6) is 2.36. The first-order valence-corrected chi connectivity index (χ1v) is 9.83. The number of hydrogen-bond acceptors (Lipinski definition) is 2. The molecular formula is C21H32IN3O. The smallest absolute Gasteiger partial charge is 0.194 e. The van der Waals surface area contributed by atoms with Crippen LogP contribution in [0.4, 0.5) is 0 Å². The number of rotatable bonds is 3. The summed E-state index contributed by atoms with van der Waals surface area (Å²) in [6, 6.07) is 11.4. The van der Waals surface area contributed by atoms with Gasteiger partial charge in [0.05, 0.1) is 6.10 Å². The van der Waals surface area contributed by atoms with Gasteiger partial charge in [-0.1, -0.05) is 44.2 Å². The van der Waals surface area contributed by atoms with Gasteiger partial charge in [0, 0.05) is 49.5 Å². The zero-order chi connectivity index (χ0) is 17.4. The van der Waals surface area contributed by atoms with Gasteiger partial charge in [-0.05, 0) is 25.3 Å². The molecule has 4 nitrogen and oxygen atoms in total. The zero-order valence-electron chi connectivity index (χ0n) is 16.1. The van der Waals surface area contributed by atoms with Crippen LogP contribution in [0.1, 0.15) is 45.1 Å². The highest BCUT2D eigenvalue weighted by Gasteiger charge is 2.59. The van der Waals surface area contributed by atoms with Gasteiger partial charge in [-0.2, -0.15) is 0 Å². The van der Waals surface area contributed by atoms with Crippen molar-refractivity contribution in [1.82, 2.24) is 10.2 Å². The maximum Gasteiger partial charge on any atom is 0.194 e. The van der Waals surface area contributed by atoms with Crippen LogP contribution in [-0.2, 0) is 4.74 Å². The predicted octanol–water partition coefficient (Wildman–Crippen LogP) is 3.87. The van der Waals surface area contributed by atoms with E-state index in [0.29, 0.717) is 24.0 Å². The van der Waals surface area contributed by atoms with Crippen LogP contribution in [0.15, 0.2) is 35.3 Å². The number of benzene rings is 1. The molecule has 0 amide bonds. The molecule has 4 atom stereocenters. The molecule has 0 bridgehead atoms. The van der Waals surface area contributed by atoms with Gasteiger partial charge in [-0.25, -0.2) is 0 Å². The second-order valence-electron chi connectivity index (χ2n) is 8.33. The number of fused-ring (bicyclic) bond motifs is 1. The van der Waals surface area contributed by atoms with Crippen LogP contribution in [-0.4, -0.2) is 49.2 Å². The van der Waals surface area contributed by atoms with E-state index in [4.69, 9.17) is 9.73 Å². The van der Waals surface area contributed by atoms with Crippen molar-refractivity contribution in [1.29, 1.82) is 0 Å². The molecule has 2 heterocycles. The molecule has 2 aliphatic heterocycles. The van der Waals surface area contributed by atoms with Crippen molar-refractivity contribution in [3.8, 4) is 0 Å². The molecule has 0 radical (unpaired) electrons. The lowest BCUT2D eigenvalue weighted by molar-refractivity contribution is -0.107. The molecule has 4 rings (SSSR count). The molecular weight excluding hydrogens is 437 g/mol. The van der Waals surface area contributed by atoms with E-state index in [0.717, 1.165) is 32.2 Å². The van der Waals surface area contributed by atoms with Crippen molar-refractivity contribution in [2.75, 3.05) is 26.2 Å². The number of likely N-dealkylation sites (tertiary alicyclic amines) is 1. The Morgan fingerprint density at radius 1 is 1.27 bits per heavy atom. The summed E-state index contributed by atoms with van der Waals surface area (Å²) in [4.78, 5) is 7.29. The Hall–Kier alpha value is -0.820. The zero-order valence-corrected chi connectivity index (χ0v) is 18.5. The van der Waals surface area contributed by atoms with E-state index in [1.165, 1.54) is 18.4 Å². The third kappa shape index (κ3) is 3.49. The van der Waals surface area contributed by atoms with Gasteiger partial charge in [-0.3, -0.25) is 4.99 Å². The monoisotopic (exact) mass is 469 g/mol. The van der Waals surface area contributed by atoms with E-state index in [1.54, 1.807) is 0 Å². The van der Waals surface area contributed by atoms with Crippen molar-refractivity contribution >= 4 is 29.9 Å². The van der Waals surface area contributed by atoms with Crippen LogP contribution in [0.25, 0.3) is 0 Å². The van der Waals surface area contributed by atoms with Crippen molar-refractivity contribution in [3.63, 3.8) is 0 Å². The molecule has 144 valence electrons. The molecule has 2 saturated heterocycles. The fourth-order valence-electron chi connectivity index (χ4n) is 5.09. The van der Waals surface area contributed by atoms with Gasteiger partial charge < -0.3 is 15.0 Å². The highest BCUT2D eigenvalue weighted by atomic mass is 127. The van der Waals surface area contributed by atoms with E-state index in [9.17, 15) is 0 Å². The van der Waals surface area contributed by atoms with Gasteiger partial charge in [0.1, 0.15) is 0 Å². The van der Waals surface area contributed by atoms with Gasteiger partial charge >= 0.3 is 0 Å². The normalized spacial score (nSPS) is 32.6. The lowest BCUT2D eigenvalue weighted by Crippen LogP contribution is -2.68. The Balaban J connectivity index is 0.00000196. The molecule has 1 N–H and O–H groups in total.